The molecule has 0 unspecified atom stereocenters. The zero-order valence-electron chi connectivity index (χ0n) is 22.2. The number of aromatic amines is 1. The van der Waals surface area contributed by atoms with Gasteiger partial charge in [-0.2, -0.15) is 0 Å². The Labute approximate surface area is 226 Å². The lowest BCUT2D eigenvalue weighted by atomic mass is 9.85. The van der Waals surface area contributed by atoms with E-state index in [1.54, 1.807) is 12.4 Å². The summed E-state index contributed by atoms with van der Waals surface area (Å²) in [6.45, 7) is 5.71. The topological polar surface area (TPSA) is 116 Å². The van der Waals surface area contributed by atoms with Crippen LogP contribution >= 0.6 is 0 Å². The SMILES string of the molecule is CCOCCOCCOCCNC(=O)[C@H]1CCC[C@@H](n2ccc3cnc(-c4c[nH]c5ncc(F)cc45)nc32)C1. The van der Waals surface area contributed by atoms with E-state index in [0.29, 0.717) is 68.6 Å². The predicted molar refractivity (Wildman–Crippen MR) is 145 cm³/mol. The summed E-state index contributed by atoms with van der Waals surface area (Å²) in [6.07, 6.45) is 10.3. The zero-order chi connectivity index (χ0) is 27.0. The number of amides is 1. The van der Waals surface area contributed by atoms with E-state index in [1.165, 1.54) is 12.3 Å². The van der Waals surface area contributed by atoms with Crippen LogP contribution in [0.2, 0.25) is 0 Å². The largest absolute Gasteiger partial charge is 0.379 e. The van der Waals surface area contributed by atoms with Crippen molar-refractivity contribution in [3.8, 4) is 11.4 Å². The summed E-state index contributed by atoms with van der Waals surface area (Å²) in [5, 5.41) is 4.59. The van der Waals surface area contributed by atoms with E-state index < -0.39 is 5.82 Å². The summed E-state index contributed by atoms with van der Waals surface area (Å²) in [6, 6.07) is 3.59. The maximum absolute atomic E-state index is 13.8. The van der Waals surface area contributed by atoms with E-state index in [4.69, 9.17) is 19.2 Å². The standard InChI is InChI=1S/C28H35FN6O4/c1-2-37-10-11-39-13-12-38-9-7-30-28(36)19-4-3-5-22(14-19)35-8-6-20-16-31-26(34-27(20)35)24-18-33-25-23(24)15-21(29)17-32-25/h6,8,15-19,22H,2-5,7,9-14H2,1H3,(H,30,36)(H,32,33)/t19-,22+/m0/s1. The van der Waals surface area contributed by atoms with E-state index in [9.17, 15) is 9.18 Å². The van der Waals surface area contributed by atoms with Crippen molar-refractivity contribution in [3.05, 3.63) is 42.7 Å². The van der Waals surface area contributed by atoms with Crippen LogP contribution in [0.15, 0.2) is 36.9 Å². The second-order valence-corrected chi connectivity index (χ2v) is 9.68. The second kappa shape index (κ2) is 13.1. The van der Waals surface area contributed by atoms with Crippen LogP contribution < -0.4 is 5.32 Å². The summed E-state index contributed by atoms with van der Waals surface area (Å²) in [7, 11) is 0. The minimum absolute atomic E-state index is 0.0629. The Hall–Kier alpha value is -3.41. The van der Waals surface area contributed by atoms with Gasteiger partial charge in [0.2, 0.25) is 5.91 Å². The molecule has 2 N–H and O–H groups in total. The second-order valence-electron chi connectivity index (χ2n) is 9.68. The number of pyridine rings is 1. The highest BCUT2D eigenvalue weighted by Gasteiger charge is 2.29. The smallest absolute Gasteiger partial charge is 0.223 e. The van der Waals surface area contributed by atoms with Gasteiger partial charge in [-0.1, -0.05) is 6.42 Å². The lowest BCUT2D eigenvalue weighted by Crippen LogP contribution is -2.36. The van der Waals surface area contributed by atoms with Gasteiger partial charge in [-0.05, 0) is 38.3 Å². The highest BCUT2D eigenvalue weighted by molar-refractivity contribution is 5.92. The lowest BCUT2D eigenvalue weighted by molar-refractivity contribution is -0.126. The molecular formula is C28H35FN6O4. The first-order valence-corrected chi connectivity index (χ1v) is 13.6. The Balaban J connectivity index is 1.17. The quantitative estimate of drug-likeness (QED) is 0.247. The molecule has 4 aromatic heterocycles. The van der Waals surface area contributed by atoms with Gasteiger partial charge < -0.3 is 29.1 Å². The molecule has 0 bridgehead atoms. The molecular weight excluding hydrogens is 503 g/mol. The van der Waals surface area contributed by atoms with Crippen molar-refractivity contribution in [2.75, 3.05) is 46.2 Å². The van der Waals surface area contributed by atoms with Gasteiger partial charge in [0.25, 0.3) is 0 Å². The Morgan fingerprint density at radius 3 is 2.79 bits per heavy atom. The maximum atomic E-state index is 13.8. The first kappa shape index (κ1) is 27.2. The molecule has 1 aliphatic rings. The van der Waals surface area contributed by atoms with Crippen molar-refractivity contribution < 1.29 is 23.4 Å². The van der Waals surface area contributed by atoms with Crippen LogP contribution in [0.3, 0.4) is 0 Å². The van der Waals surface area contributed by atoms with Crippen molar-refractivity contribution in [2.45, 2.75) is 38.6 Å². The van der Waals surface area contributed by atoms with Gasteiger partial charge in [-0.25, -0.2) is 19.3 Å². The molecule has 0 aliphatic heterocycles. The number of fused-ring (bicyclic) bond motifs is 2. The number of H-pyrrole nitrogens is 1. The van der Waals surface area contributed by atoms with Crippen molar-refractivity contribution >= 4 is 28.0 Å². The first-order valence-electron chi connectivity index (χ1n) is 13.6. The third-order valence-corrected chi connectivity index (χ3v) is 7.10. The Morgan fingerprint density at radius 2 is 1.95 bits per heavy atom. The van der Waals surface area contributed by atoms with Crippen molar-refractivity contribution in [1.82, 2.24) is 29.8 Å². The molecule has 0 radical (unpaired) electrons. The summed E-state index contributed by atoms with van der Waals surface area (Å²) >= 11 is 0. The molecule has 1 aliphatic carbocycles. The fraction of sp³-hybridized carbons (Fsp3) is 0.500. The number of nitrogens with zero attached hydrogens (tertiary/aromatic N) is 4. The van der Waals surface area contributed by atoms with E-state index in [-0.39, 0.29) is 17.9 Å². The number of halogens is 1. The van der Waals surface area contributed by atoms with Gasteiger partial charge in [0, 0.05) is 60.0 Å². The van der Waals surface area contributed by atoms with Crippen molar-refractivity contribution in [3.63, 3.8) is 0 Å². The zero-order valence-corrected chi connectivity index (χ0v) is 22.2. The average Bonchev–Trinajstić information content (AvgIpc) is 3.57. The molecule has 10 nitrogen and oxygen atoms in total. The van der Waals surface area contributed by atoms with Gasteiger partial charge in [0.15, 0.2) is 5.82 Å². The fourth-order valence-corrected chi connectivity index (χ4v) is 5.15. The molecule has 39 heavy (non-hydrogen) atoms. The predicted octanol–water partition coefficient (Wildman–Crippen LogP) is 4.03. The lowest BCUT2D eigenvalue weighted by Gasteiger charge is -2.29. The van der Waals surface area contributed by atoms with E-state index in [1.807, 2.05) is 19.2 Å². The number of carbonyl (C=O) groups excluding carboxylic acids is 1. The van der Waals surface area contributed by atoms with Crippen LogP contribution in [0.5, 0.6) is 0 Å². The van der Waals surface area contributed by atoms with E-state index >= 15 is 0 Å². The molecule has 1 amide bonds. The normalized spacial score (nSPS) is 17.7. The summed E-state index contributed by atoms with van der Waals surface area (Å²) in [5.41, 5.74) is 2.09. The monoisotopic (exact) mass is 538 g/mol. The molecule has 208 valence electrons. The number of hydrogen-bond acceptors (Lipinski definition) is 7. The van der Waals surface area contributed by atoms with Crippen LogP contribution in [0.1, 0.15) is 38.6 Å². The highest BCUT2D eigenvalue weighted by Crippen LogP contribution is 2.35. The minimum atomic E-state index is -0.409. The Bertz CT molecular complexity index is 1390. The first-order chi connectivity index (χ1) is 19.1. The molecule has 1 fully saturated rings. The average molecular weight is 539 g/mol. The fourth-order valence-electron chi connectivity index (χ4n) is 5.15. The van der Waals surface area contributed by atoms with Gasteiger partial charge >= 0.3 is 0 Å². The van der Waals surface area contributed by atoms with Crippen LogP contribution in [-0.2, 0) is 19.0 Å². The molecule has 2 atom stereocenters. The molecule has 0 saturated heterocycles. The van der Waals surface area contributed by atoms with Gasteiger partial charge in [0.05, 0.1) is 39.2 Å². The summed E-state index contributed by atoms with van der Waals surface area (Å²) in [5.74, 6) is 0.0996. The van der Waals surface area contributed by atoms with E-state index in [2.05, 4.69) is 24.8 Å². The molecule has 5 rings (SSSR count). The number of hydrogen-bond donors (Lipinski definition) is 2. The summed E-state index contributed by atoms with van der Waals surface area (Å²) < 4.78 is 32.2. The van der Waals surface area contributed by atoms with Gasteiger partial charge in [-0.15, -0.1) is 0 Å². The number of ether oxygens (including phenoxy) is 3. The van der Waals surface area contributed by atoms with Crippen molar-refractivity contribution in [2.24, 2.45) is 5.92 Å². The highest BCUT2D eigenvalue weighted by atomic mass is 19.1. The van der Waals surface area contributed by atoms with Crippen LogP contribution in [0, 0.1) is 11.7 Å². The van der Waals surface area contributed by atoms with Crippen LogP contribution in [0.25, 0.3) is 33.5 Å². The van der Waals surface area contributed by atoms with Gasteiger partial charge in [-0.3, -0.25) is 4.79 Å². The van der Waals surface area contributed by atoms with Crippen LogP contribution in [-0.4, -0.2) is 76.6 Å². The minimum Gasteiger partial charge on any atom is -0.379 e. The number of carbonyl (C=O) groups is 1. The molecule has 11 heteroatoms. The molecule has 4 heterocycles. The molecule has 1 saturated carbocycles. The third-order valence-electron chi connectivity index (χ3n) is 7.10. The van der Waals surface area contributed by atoms with Crippen LogP contribution in [0.4, 0.5) is 4.39 Å². The summed E-state index contributed by atoms with van der Waals surface area (Å²) in [4.78, 5) is 29.4. The Kier molecular flexibility index (Phi) is 9.12. The third kappa shape index (κ3) is 6.60. The Morgan fingerprint density at radius 1 is 1.13 bits per heavy atom. The van der Waals surface area contributed by atoms with Gasteiger partial charge in [0.1, 0.15) is 17.1 Å². The number of rotatable bonds is 13. The number of nitrogens with one attached hydrogen (secondary N) is 2. The molecule has 0 aromatic carbocycles. The van der Waals surface area contributed by atoms with Crippen molar-refractivity contribution in [1.29, 1.82) is 0 Å². The van der Waals surface area contributed by atoms with E-state index in [0.717, 1.165) is 36.7 Å². The number of aromatic nitrogens is 5. The maximum Gasteiger partial charge on any atom is 0.223 e. The molecule has 0 spiro atoms. The molecule has 4 aromatic rings.